The van der Waals surface area contributed by atoms with Gasteiger partial charge in [-0.1, -0.05) is 17.7 Å². The largest absolute Gasteiger partial charge is 0.385 e. The molecule has 0 spiro atoms. The number of nitrogen functional groups attached to an aromatic ring is 1. The van der Waals surface area contributed by atoms with Crippen molar-refractivity contribution in [3.63, 3.8) is 0 Å². The molecule has 5 heteroatoms. The van der Waals surface area contributed by atoms with Gasteiger partial charge in [0.15, 0.2) is 0 Å². The lowest BCUT2D eigenvalue weighted by Crippen LogP contribution is -2.39. The molecule has 0 aliphatic carbocycles. The van der Waals surface area contributed by atoms with Crippen molar-refractivity contribution in [3.05, 3.63) is 56.7 Å². The van der Waals surface area contributed by atoms with Crippen molar-refractivity contribution in [1.29, 1.82) is 0 Å². The molecular formula is C13H15N3O2. The van der Waals surface area contributed by atoms with Gasteiger partial charge in [0.2, 0.25) is 0 Å². The van der Waals surface area contributed by atoms with Crippen molar-refractivity contribution in [2.75, 3.05) is 5.73 Å². The monoisotopic (exact) mass is 245 g/mol. The first-order valence-electron chi connectivity index (χ1n) is 5.74. The van der Waals surface area contributed by atoms with Crippen molar-refractivity contribution in [3.8, 4) is 5.69 Å². The second kappa shape index (κ2) is 4.52. The van der Waals surface area contributed by atoms with Crippen LogP contribution in [0.15, 0.2) is 39.9 Å². The third kappa shape index (κ3) is 1.95. The molecule has 2 rings (SSSR count). The van der Waals surface area contributed by atoms with Gasteiger partial charge in [-0.15, -0.1) is 0 Å². The second-order valence-corrected chi connectivity index (χ2v) is 4.11. The standard InChI is InChI=1S/C13H15N3O2/c1-3-15-12(17)8-11(14)16(13(15)18)10-6-4-9(2)5-7-10/h4-8H,3,14H2,1-2H3. The maximum absolute atomic E-state index is 12.2. The number of anilines is 1. The quantitative estimate of drug-likeness (QED) is 0.855. The van der Waals surface area contributed by atoms with Gasteiger partial charge in [-0.05, 0) is 26.0 Å². The van der Waals surface area contributed by atoms with E-state index in [-0.39, 0.29) is 11.4 Å². The minimum atomic E-state index is -0.411. The summed E-state index contributed by atoms with van der Waals surface area (Å²) in [5.41, 5.74) is 6.73. The molecule has 1 aromatic heterocycles. The summed E-state index contributed by atoms with van der Waals surface area (Å²) in [6.07, 6.45) is 0. The van der Waals surface area contributed by atoms with Gasteiger partial charge in [0.05, 0.1) is 5.69 Å². The molecule has 1 aromatic carbocycles. The number of benzene rings is 1. The third-order valence-electron chi connectivity index (χ3n) is 2.83. The minimum Gasteiger partial charge on any atom is -0.385 e. The molecule has 0 fully saturated rings. The lowest BCUT2D eigenvalue weighted by Gasteiger charge is -2.11. The molecule has 0 saturated carbocycles. The van der Waals surface area contributed by atoms with Crippen LogP contribution in [0.2, 0.25) is 0 Å². The molecule has 0 bridgehead atoms. The molecule has 0 saturated heterocycles. The van der Waals surface area contributed by atoms with E-state index in [2.05, 4.69) is 0 Å². The highest BCUT2D eigenvalue weighted by Gasteiger charge is 2.09. The zero-order valence-electron chi connectivity index (χ0n) is 10.4. The van der Waals surface area contributed by atoms with Crippen LogP contribution in [0, 0.1) is 6.92 Å². The summed E-state index contributed by atoms with van der Waals surface area (Å²) in [4.78, 5) is 23.8. The van der Waals surface area contributed by atoms with Gasteiger partial charge >= 0.3 is 5.69 Å². The predicted molar refractivity (Wildman–Crippen MR) is 71.1 cm³/mol. The molecule has 0 atom stereocenters. The molecular weight excluding hydrogens is 230 g/mol. The lowest BCUT2D eigenvalue weighted by molar-refractivity contribution is 0.650. The van der Waals surface area contributed by atoms with Crippen LogP contribution in [0.5, 0.6) is 0 Å². The van der Waals surface area contributed by atoms with E-state index in [1.54, 1.807) is 19.1 Å². The molecule has 2 N–H and O–H groups in total. The van der Waals surface area contributed by atoms with Crippen molar-refractivity contribution in [2.24, 2.45) is 0 Å². The maximum atomic E-state index is 12.2. The van der Waals surface area contributed by atoms with Crippen LogP contribution in [0.3, 0.4) is 0 Å². The van der Waals surface area contributed by atoms with Gasteiger partial charge in [-0.2, -0.15) is 0 Å². The summed E-state index contributed by atoms with van der Waals surface area (Å²) in [5.74, 6) is 0.151. The van der Waals surface area contributed by atoms with Crippen LogP contribution >= 0.6 is 0 Å². The summed E-state index contributed by atoms with van der Waals surface area (Å²) in [6.45, 7) is 4.03. The molecule has 5 nitrogen and oxygen atoms in total. The van der Waals surface area contributed by atoms with E-state index in [1.807, 2.05) is 19.1 Å². The Kier molecular flexibility index (Phi) is 3.06. The molecule has 0 aliphatic heterocycles. The number of aromatic nitrogens is 2. The van der Waals surface area contributed by atoms with Crippen LogP contribution in [0.25, 0.3) is 5.69 Å². The van der Waals surface area contributed by atoms with Crippen molar-refractivity contribution in [2.45, 2.75) is 20.4 Å². The first kappa shape index (κ1) is 12.2. The number of aryl methyl sites for hydroxylation is 1. The molecule has 1 heterocycles. The Morgan fingerprint density at radius 1 is 1.17 bits per heavy atom. The highest BCUT2D eigenvalue weighted by Crippen LogP contribution is 2.10. The Hall–Kier alpha value is -2.30. The first-order valence-corrected chi connectivity index (χ1v) is 5.74. The summed E-state index contributed by atoms with van der Waals surface area (Å²) in [5, 5.41) is 0. The zero-order valence-corrected chi connectivity index (χ0v) is 10.4. The fourth-order valence-corrected chi connectivity index (χ4v) is 1.84. The van der Waals surface area contributed by atoms with Crippen LogP contribution in [-0.4, -0.2) is 9.13 Å². The van der Waals surface area contributed by atoms with Gasteiger partial charge in [0.25, 0.3) is 5.56 Å². The number of rotatable bonds is 2. The van der Waals surface area contributed by atoms with E-state index in [4.69, 9.17) is 5.73 Å². The van der Waals surface area contributed by atoms with Gasteiger partial charge < -0.3 is 5.73 Å². The highest BCUT2D eigenvalue weighted by atomic mass is 16.2. The van der Waals surface area contributed by atoms with Crippen molar-refractivity contribution >= 4 is 5.82 Å². The first-order chi connectivity index (χ1) is 8.54. The van der Waals surface area contributed by atoms with Crippen LogP contribution < -0.4 is 17.0 Å². The Morgan fingerprint density at radius 2 is 1.78 bits per heavy atom. The fraction of sp³-hybridized carbons (Fsp3) is 0.231. The molecule has 0 amide bonds. The van der Waals surface area contributed by atoms with Gasteiger partial charge in [0.1, 0.15) is 5.82 Å². The van der Waals surface area contributed by atoms with Crippen molar-refractivity contribution in [1.82, 2.24) is 9.13 Å². The third-order valence-corrected chi connectivity index (χ3v) is 2.83. The Balaban J connectivity index is 2.75. The van der Waals surface area contributed by atoms with E-state index < -0.39 is 5.69 Å². The number of hydrogen-bond donors (Lipinski definition) is 1. The zero-order chi connectivity index (χ0) is 13.3. The van der Waals surface area contributed by atoms with E-state index in [0.29, 0.717) is 12.2 Å². The molecule has 0 aliphatic rings. The average Bonchev–Trinajstić information content (AvgIpc) is 2.31. The van der Waals surface area contributed by atoms with Crippen LogP contribution in [-0.2, 0) is 6.54 Å². The summed E-state index contributed by atoms with van der Waals surface area (Å²) < 4.78 is 2.49. The Bertz CT molecular complexity index is 681. The Labute approximate surface area is 104 Å². The van der Waals surface area contributed by atoms with Crippen LogP contribution in [0.1, 0.15) is 12.5 Å². The Morgan fingerprint density at radius 3 is 2.33 bits per heavy atom. The summed E-state index contributed by atoms with van der Waals surface area (Å²) in [6, 6.07) is 8.66. The molecule has 94 valence electrons. The van der Waals surface area contributed by atoms with E-state index in [9.17, 15) is 9.59 Å². The fourth-order valence-electron chi connectivity index (χ4n) is 1.84. The summed E-state index contributed by atoms with van der Waals surface area (Å²) >= 11 is 0. The number of hydrogen-bond acceptors (Lipinski definition) is 3. The van der Waals surface area contributed by atoms with Gasteiger partial charge in [0, 0.05) is 12.6 Å². The van der Waals surface area contributed by atoms with E-state index >= 15 is 0 Å². The molecule has 18 heavy (non-hydrogen) atoms. The second-order valence-electron chi connectivity index (χ2n) is 4.11. The number of nitrogens with zero attached hydrogens (tertiary/aromatic N) is 2. The maximum Gasteiger partial charge on any atom is 0.337 e. The van der Waals surface area contributed by atoms with Gasteiger partial charge in [-0.25, -0.2) is 9.36 Å². The van der Waals surface area contributed by atoms with Gasteiger partial charge in [-0.3, -0.25) is 9.36 Å². The lowest BCUT2D eigenvalue weighted by atomic mass is 10.2. The minimum absolute atomic E-state index is 0.151. The summed E-state index contributed by atoms with van der Waals surface area (Å²) in [7, 11) is 0. The number of nitrogens with two attached hydrogens (primary N) is 1. The SMILES string of the molecule is CCn1c(=O)cc(N)n(-c2ccc(C)cc2)c1=O. The van der Waals surface area contributed by atoms with Crippen molar-refractivity contribution < 1.29 is 0 Å². The molecule has 0 radical (unpaired) electrons. The van der Waals surface area contributed by atoms with E-state index in [1.165, 1.54) is 10.6 Å². The molecule has 0 unspecified atom stereocenters. The topological polar surface area (TPSA) is 70.0 Å². The predicted octanol–water partition coefficient (Wildman–Crippen LogP) is 0.910. The normalized spacial score (nSPS) is 10.6. The van der Waals surface area contributed by atoms with E-state index in [0.717, 1.165) is 10.1 Å². The molecule has 2 aromatic rings. The highest BCUT2D eigenvalue weighted by molar-refractivity contribution is 5.42. The smallest absolute Gasteiger partial charge is 0.337 e. The average molecular weight is 245 g/mol. The van der Waals surface area contributed by atoms with Crippen LogP contribution in [0.4, 0.5) is 5.82 Å².